The molecule has 0 aliphatic heterocycles. The van der Waals surface area contributed by atoms with Crippen LogP contribution in [0.15, 0.2) is 170 Å². The van der Waals surface area contributed by atoms with E-state index in [-0.39, 0.29) is 5.41 Å². The molecule has 0 fully saturated rings. The second-order valence-corrected chi connectivity index (χ2v) is 14.7. The molecule has 0 atom stereocenters. The van der Waals surface area contributed by atoms with E-state index >= 15 is 0 Å². The maximum atomic E-state index is 5.35. The van der Waals surface area contributed by atoms with Crippen molar-refractivity contribution in [2.75, 3.05) is 0 Å². The third-order valence-corrected chi connectivity index (χ3v) is 11.2. The van der Waals surface area contributed by atoms with Crippen LogP contribution in [0.3, 0.4) is 0 Å². The van der Waals surface area contributed by atoms with Crippen molar-refractivity contribution >= 4 is 32.8 Å². The normalized spacial score (nSPS) is 13.1. The van der Waals surface area contributed by atoms with Crippen molar-refractivity contribution in [2.45, 2.75) is 19.3 Å². The summed E-state index contributed by atoms with van der Waals surface area (Å²) in [4.78, 5) is 21.1. The lowest BCUT2D eigenvalue weighted by Crippen LogP contribution is -2.17. The van der Waals surface area contributed by atoms with Crippen molar-refractivity contribution < 1.29 is 0 Å². The van der Waals surface area contributed by atoms with Crippen LogP contribution in [-0.4, -0.2) is 29.1 Å². The summed E-state index contributed by atoms with van der Waals surface area (Å²) in [6, 6.07) is 59.2. The lowest BCUT2D eigenvalue weighted by atomic mass is 9.81. The standard InChI is InChI=1S/C49H34N6/c1-49(2)39-26-16-15-25-35(39)36-27-28-37-38-29-40-42(54(34-23-13-6-14-24-34)47(50-40)33-21-11-5-12-22-33)30-41(38)55(44(37)43(36)49)48-52-45(31-17-7-3-8-18-31)51-46(53-48)32-19-9-4-10-20-32/h3-30H,1-2H3. The van der Waals surface area contributed by atoms with Crippen LogP contribution in [0.4, 0.5) is 0 Å². The zero-order valence-electron chi connectivity index (χ0n) is 30.3. The summed E-state index contributed by atoms with van der Waals surface area (Å²) >= 11 is 0. The lowest BCUT2D eigenvalue weighted by Gasteiger charge is -2.23. The van der Waals surface area contributed by atoms with Crippen molar-refractivity contribution in [3.63, 3.8) is 0 Å². The summed E-state index contributed by atoms with van der Waals surface area (Å²) in [5.41, 5.74) is 12.8. The topological polar surface area (TPSA) is 61.4 Å². The van der Waals surface area contributed by atoms with Gasteiger partial charge < -0.3 is 0 Å². The maximum Gasteiger partial charge on any atom is 0.238 e. The van der Waals surface area contributed by atoms with E-state index in [1.165, 1.54) is 22.3 Å². The molecule has 3 heterocycles. The average molecular weight is 707 g/mol. The fourth-order valence-corrected chi connectivity index (χ4v) is 8.65. The number of aromatic nitrogens is 6. The molecule has 0 radical (unpaired) electrons. The van der Waals surface area contributed by atoms with E-state index in [2.05, 4.69) is 150 Å². The predicted molar refractivity (Wildman–Crippen MR) is 223 cm³/mol. The van der Waals surface area contributed by atoms with Gasteiger partial charge in [0.1, 0.15) is 5.82 Å². The second kappa shape index (κ2) is 11.9. The van der Waals surface area contributed by atoms with E-state index in [0.717, 1.165) is 61.0 Å². The van der Waals surface area contributed by atoms with Crippen LogP contribution in [-0.2, 0) is 5.41 Å². The van der Waals surface area contributed by atoms with Gasteiger partial charge in [-0.15, -0.1) is 0 Å². The number of imidazole rings is 1. The van der Waals surface area contributed by atoms with Crippen LogP contribution in [0, 0.1) is 0 Å². The molecule has 1 aliphatic carbocycles. The highest BCUT2D eigenvalue weighted by molar-refractivity contribution is 6.16. The Kier molecular flexibility index (Phi) is 6.79. The van der Waals surface area contributed by atoms with Crippen LogP contribution in [0.1, 0.15) is 25.0 Å². The van der Waals surface area contributed by atoms with Gasteiger partial charge in [0.25, 0.3) is 0 Å². The third-order valence-electron chi connectivity index (χ3n) is 11.2. The van der Waals surface area contributed by atoms with Gasteiger partial charge in [-0.1, -0.05) is 159 Å². The number of para-hydroxylation sites is 1. The molecule has 0 unspecified atom stereocenters. The Morgan fingerprint density at radius 3 is 1.69 bits per heavy atom. The monoisotopic (exact) mass is 706 g/mol. The smallest absolute Gasteiger partial charge is 0.238 e. The molecule has 1 aliphatic rings. The number of hydrogen-bond donors (Lipinski definition) is 0. The summed E-state index contributed by atoms with van der Waals surface area (Å²) in [6.45, 7) is 4.68. The molecule has 0 spiro atoms. The van der Waals surface area contributed by atoms with Crippen molar-refractivity contribution in [3.8, 4) is 56.9 Å². The van der Waals surface area contributed by atoms with Crippen molar-refractivity contribution in [1.29, 1.82) is 0 Å². The first kappa shape index (κ1) is 31.4. The third kappa shape index (κ3) is 4.74. The first-order chi connectivity index (χ1) is 27.0. The quantitative estimate of drug-likeness (QED) is 0.179. The Labute approximate surface area is 318 Å². The Hall–Kier alpha value is -7.18. The van der Waals surface area contributed by atoms with Gasteiger partial charge in [-0.05, 0) is 46.5 Å². The second-order valence-electron chi connectivity index (χ2n) is 14.7. The van der Waals surface area contributed by atoms with Crippen molar-refractivity contribution in [1.82, 2.24) is 29.1 Å². The molecule has 55 heavy (non-hydrogen) atoms. The number of hydrogen-bond acceptors (Lipinski definition) is 4. The summed E-state index contributed by atoms with van der Waals surface area (Å²) in [7, 11) is 0. The van der Waals surface area contributed by atoms with Crippen molar-refractivity contribution in [2.24, 2.45) is 0 Å². The number of fused-ring (bicyclic) bond motifs is 8. The molecule has 7 aromatic carbocycles. The zero-order valence-corrected chi connectivity index (χ0v) is 30.3. The SMILES string of the molecule is CC1(C)c2ccccc2-c2ccc3c4cc5nc(-c6ccccc6)n(-c6ccccc6)c5cc4n(-c4nc(-c5ccccc5)nc(-c5ccccc5)n4)c3c21. The molecule has 0 N–H and O–H groups in total. The molecule has 10 aromatic rings. The Bertz CT molecular complexity index is 3030. The molecule has 0 bridgehead atoms. The van der Waals surface area contributed by atoms with Crippen LogP contribution in [0.25, 0.3) is 89.8 Å². The average Bonchev–Trinajstić information content (AvgIpc) is 3.86. The minimum atomic E-state index is -0.285. The van der Waals surface area contributed by atoms with Gasteiger partial charge in [0, 0.05) is 38.6 Å². The Morgan fingerprint density at radius 2 is 1.04 bits per heavy atom. The molecular formula is C49H34N6. The van der Waals surface area contributed by atoms with Crippen molar-refractivity contribution in [3.05, 3.63) is 181 Å². The lowest BCUT2D eigenvalue weighted by molar-refractivity contribution is 0.663. The van der Waals surface area contributed by atoms with Gasteiger partial charge in [0.15, 0.2) is 11.6 Å². The zero-order chi connectivity index (χ0) is 36.7. The molecule has 6 nitrogen and oxygen atoms in total. The highest BCUT2D eigenvalue weighted by Gasteiger charge is 2.39. The first-order valence-electron chi connectivity index (χ1n) is 18.7. The summed E-state index contributed by atoms with van der Waals surface area (Å²) in [5, 5.41) is 2.23. The number of rotatable bonds is 5. The fourth-order valence-electron chi connectivity index (χ4n) is 8.65. The van der Waals surface area contributed by atoms with Gasteiger partial charge in [-0.2, -0.15) is 9.97 Å². The summed E-state index contributed by atoms with van der Waals surface area (Å²) < 4.78 is 4.57. The van der Waals surface area contributed by atoms with E-state index in [0.29, 0.717) is 17.6 Å². The molecule has 6 heteroatoms. The van der Waals surface area contributed by atoms with E-state index < -0.39 is 0 Å². The van der Waals surface area contributed by atoms with Crippen LogP contribution < -0.4 is 0 Å². The van der Waals surface area contributed by atoms with E-state index in [1.54, 1.807) is 0 Å². The van der Waals surface area contributed by atoms with Gasteiger partial charge in [-0.3, -0.25) is 9.13 Å². The largest absolute Gasteiger partial charge is 0.292 e. The minimum absolute atomic E-state index is 0.285. The van der Waals surface area contributed by atoms with Crippen LogP contribution >= 0.6 is 0 Å². The van der Waals surface area contributed by atoms with E-state index in [9.17, 15) is 0 Å². The highest BCUT2D eigenvalue weighted by atomic mass is 15.2. The van der Waals surface area contributed by atoms with Gasteiger partial charge in [0.05, 0.1) is 22.1 Å². The molecule has 260 valence electrons. The van der Waals surface area contributed by atoms with E-state index in [1.807, 2.05) is 42.5 Å². The molecule has 0 saturated carbocycles. The fraction of sp³-hybridized carbons (Fsp3) is 0.0612. The van der Waals surface area contributed by atoms with Crippen LogP contribution in [0.2, 0.25) is 0 Å². The highest BCUT2D eigenvalue weighted by Crippen LogP contribution is 2.53. The Balaban J connectivity index is 1.31. The number of nitrogens with zero attached hydrogens (tertiary/aromatic N) is 6. The minimum Gasteiger partial charge on any atom is -0.292 e. The molecule has 11 rings (SSSR count). The Morgan fingerprint density at radius 1 is 0.455 bits per heavy atom. The number of benzene rings is 7. The van der Waals surface area contributed by atoms with Crippen LogP contribution in [0.5, 0.6) is 0 Å². The van der Waals surface area contributed by atoms with E-state index in [4.69, 9.17) is 19.9 Å². The van der Waals surface area contributed by atoms with Gasteiger partial charge in [-0.25, -0.2) is 9.97 Å². The molecule has 0 saturated heterocycles. The summed E-state index contributed by atoms with van der Waals surface area (Å²) in [6.07, 6.45) is 0. The predicted octanol–water partition coefficient (Wildman–Crippen LogP) is 11.6. The van der Waals surface area contributed by atoms with Gasteiger partial charge >= 0.3 is 0 Å². The maximum absolute atomic E-state index is 5.35. The molecule has 0 amide bonds. The molecular weight excluding hydrogens is 673 g/mol. The molecule has 3 aromatic heterocycles. The first-order valence-corrected chi connectivity index (χ1v) is 18.7. The van der Waals surface area contributed by atoms with Gasteiger partial charge in [0.2, 0.25) is 5.95 Å². The summed E-state index contributed by atoms with van der Waals surface area (Å²) in [5.74, 6) is 2.70.